The van der Waals surface area contributed by atoms with E-state index in [1.165, 1.54) is 28.5 Å². The Labute approximate surface area is 191 Å². The van der Waals surface area contributed by atoms with Gasteiger partial charge < -0.3 is 10.2 Å². The molecule has 0 radical (unpaired) electrons. The summed E-state index contributed by atoms with van der Waals surface area (Å²) in [6, 6.07) is 10.6. The van der Waals surface area contributed by atoms with Crippen molar-refractivity contribution in [3.63, 3.8) is 0 Å². The van der Waals surface area contributed by atoms with Gasteiger partial charge in [-0.05, 0) is 63.7 Å². The van der Waals surface area contributed by atoms with Gasteiger partial charge in [-0.15, -0.1) is 11.3 Å². The zero-order valence-corrected chi connectivity index (χ0v) is 19.9. The third-order valence-corrected chi connectivity index (χ3v) is 7.44. The maximum atomic E-state index is 5.18. The number of aryl methyl sites for hydroxylation is 1. The Balaban J connectivity index is 1.66. The van der Waals surface area contributed by atoms with E-state index in [1.54, 1.807) is 23.1 Å². The maximum Gasteiger partial charge on any atom is 0.189 e. The largest absolute Gasteiger partial charge is 0.369 e. The smallest absolute Gasteiger partial charge is 0.189 e. The minimum absolute atomic E-state index is 0.821. The molecule has 1 aliphatic rings. The van der Waals surface area contributed by atoms with Crippen molar-refractivity contribution in [1.29, 1.82) is 0 Å². The average molecular weight is 450 g/mol. The number of aromatic nitrogens is 3. The van der Waals surface area contributed by atoms with Gasteiger partial charge in [-0.3, -0.25) is 0 Å². The molecule has 4 aromatic rings. The van der Waals surface area contributed by atoms with Crippen LogP contribution in [0.15, 0.2) is 35.5 Å². The minimum atomic E-state index is 0.821. The third-order valence-electron chi connectivity index (χ3n) is 5.82. The van der Waals surface area contributed by atoms with Crippen LogP contribution in [-0.4, -0.2) is 53.3 Å². The van der Waals surface area contributed by atoms with Crippen molar-refractivity contribution in [1.82, 2.24) is 19.9 Å². The number of nitrogens with one attached hydrogen (secondary N) is 1. The minimum Gasteiger partial charge on any atom is -0.369 e. The molecule has 0 aliphatic heterocycles. The fourth-order valence-corrected chi connectivity index (χ4v) is 5.87. The Morgan fingerprint density at radius 2 is 1.87 bits per heavy atom. The predicted molar refractivity (Wildman–Crippen MR) is 134 cm³/mol. The molecule has 3 heterocycles. The molecule has 1 aliphatic carbocycles. The van der Waals surface area contributed by atoms with E-state index in [4.69, 9.17) is 15.0 Å². The fourth-order valence-electron chi connectivity index (χ4n) is 4.39. The normalized spacial score (nSPS) is 13.4. The second-order valence-corrected chi connectivity index (χ2v) is 10.0. The molecule has 5 rings (SSSR count). The fraction of sp³-hybridized carbons (Fsp3) is 0.375. The van der Waals surface area contributed by atoms with E-state index in [1.807, 2.05) is 6.26 Å². The second-order valence-electron chi connectivity index (χ2n) is 8.24. The van der Waals surface area contributed by atoms with Crippen molar-refractivity contribution in [3.05, 3.63) is 41.5 Å². The van der Waals surface area contributed by atoms with Gasteiger partial charge in [0.2, 0.25) is 0 Å². The molecule has 7 heteroatoms. The summed E-state index contributed by atoms with van der Waals surface area (Å²) in [6.07, 6.45) is 6.50. The molecule has 0 amide bonds. The molecule has 0 bridgehead atoms. The zero-order chi connectivity index (χ0) is 21.4. The maximum absolute atomic E-state index is 5.18. The van der Waals surface area contributed by atoms with Crippen molar-refractivity contribution >= 4 is 49.3 Å². The van der Waals surface area contributed by atoms with Crippen LogP contribution in [0.4, 0.5) is 5.82 Å². The van der Waals surface area contributed by atoms with E-state index in [9.17, 15) is 0 Å². The van der Waals surface area contributed by atoms with Gasteiger partial charge in [0.15, 0.2) is 5.16 Å². The van der Waals surface area contributed by atoms with Crippen molar-refractivity contribution in [3.8, 4) is 11.3 Å². The van der Waals surface area contributed by atoms with Crippen LogP contribution in [0, 0.1) is 0 Å². The Hall–Kier alpha value is -2.22. The van der Waals surface area contributed by atoms with Gasteiger partial charge in [0, 0.05) is 17.5 Å². The number of hydrogen-bond donors (Lipinski definition) is 1. The van der Waals surface area contributed by atoms with Crippen molar-refractivity contribution in [2.75, 3.05) is 38.8 Å². The highest BCUT2D eigenvalue weighted by Gasteiger charge is 2.25. The Bertz CT molecular complexity index is 1230. The van der Waals surface area contributed by atoms with Gasteiger partial charge in [-0.25, -0.2) is 15.0 Å². The molecule has 0 fully saturated rings. The summed E-state index contributed by atoms with van der Waals surface area (Å²) in [5.74, 6) is 0.948. The van der Waals surface area contributed by atoms with Gasteiger partial charge in [-0.2, -0.15) is 0 Å². The first kappa shape index (κ1) is 20.7. The molecule has 0 unspecified atom stereocenters. The molecule has 0 saturated heterocycles. The lowest BCUT2D eigenvalue weighted by Gasteiger charge is -2.11. The molecule has 3 aromatic heterocycles. The van der Waals surface area contributed by atoms with E-state index in [-0.39, 0.29) is 0 Å². The van der Waals surface area contributed by atoms with E-state index >= 15 is 0 Å². The molecular weight excluding hydrogens is 422 g/mol. The molecule has 31 heavy (non-hydrogen) atoms. The lowest BCUT2D eigenvalue weighted by atomic mass is 10.0. The standard InChI is InChI=1S/C24H27N5S2/c1-29(2)14-8-13-25-22-21-20(27-24(28-22)30-3)18-16-11-7-12-17(16)19(26-23(18)31-21)15-9-5-4-6-10-15/h4-6,9-10H,7-8,11-14H2,1-3H3,(H,25,27,28). The second kappa shape index (κ2) is 8.73. The van der Waals surface area contributed by atoms with Crippen molar-refractivity contribution in [2.24, 2.45) is 0 Å². The number of thioether (sulfide) groups is 1. The van der Waals surface area contributed by atoms with Crippen LogP contribution >= 0.6 is 23.1 Å². The van der Waals surface area contributed by atoms with Gasteiger partial charge in [-0.1, -0.05) is 42.1 Å². The Morgan fingerprint density at radius 1 is 1.06 bits per heavy atom. The van der Waals surface area contributed by atoms with Crippen LogP contribution in [0.1, 0.15) is 24.0 Å². The van der Waals surface area contributed by atoms with E-state index in [0.717, 1.165) is 64.1 Å². The molecule has 0 spiro atoms. The SMILES string of the molecule is CSc1nc(NCCCN(C)C)c2sc3nc(-c4ccccc4)c4c(c3c2n1)CCC4. The molecular formula is C24H27N5S2. The van der Waals surface area contributed by atoms with Crippen molar-refractivity contribution < 1.29 is 0 Å². The van der Waals surface area contributed by atoms with Crippen LogP contribution in [0.25, 0.3) is 31.7 Å². The Kier molecular flexibility index (Phi) is 5.82. The quantitative estimate of drug-likeness (QED) is 0.229. The topological polar surface area (TPSA) is 53.9 Å². The summed E-state index contributed by atoms with van der Waals surface area (Å²) >= 11 is 3.33. The van der Waals surface area contributed by atoms with E-state index < -0.39 is 0 Å². The molecule has 160 valence electrons. The summed E-state index contributed by atoms with van der Waals surface area (Å²) in [6.45, 7) is 1.95. The van der Waals surface area contributed by atoms with E-state index in [0.29, 0.717) is 0 Å². The molecule has 5 nitrogen and oxygen atoms in total. The van der Waals surface area contributed by atoms with Crippen LogP contribution in [-0.2, 0) is 12.8 Å². The number of anilines is 1. The summed E-state index contributed by atoms with van der Waals surface area (Å²) in [5.41, 5.74) is 6.27. The van der Waals surface area contributed by atoms with Crippen LogP contribution < -0.4 is 5.32 Å². The number of benzene rings is 1. The Morgan fingerprint density at radius 3 is 2.65 bits per heavy atom. The molecule has 1 aromatic carbocycles. The lowest BCUT2D eigenvalue weighted by molar-refractivity contribution is 0.405. The summed E-state index contributed by atoms with van der Waals surface area (Å²) < 4.78 is 1.13. The van der Waals surface area contributed by atoms with Gasteiger partial charge in [0.05, 0.1) is 15.9 Å². The van der Waals surface area contributed by atoms with Crippen LogP contribution in [0.3, 0.4) is 0 Å². The highest BCUT2D eigenvalue weighted by atomic mass is 32.2. The molecule has 1 N–H and O–H groups in total. The highest BCUT2D eigenvalue weighted by Crippen LogP contribution is 2.43. The monoisotopic (exact) mass is 449 g/mol. The number of pyridine rings is 1. The van der Waals surface area contributed by atoms with Crippen LogP contribution in [0.5, 0.6) is 0 Å². The first-order valence-electron chi connectivity index (χ1n) is 10.8. The van der Waals surface area contributed by atoms with Gasteiger partial charge in [0.1, 0.15) is 10.6 Å². The number of thiophene rings is 1. The first-order chi connectivity index (χ1) is 15.2. The highest BCUT2D eigenvalue weighted by molar-refractivity contribution is 7.98. The first-order valence-corrected chi connectivity index (χ1v) is 12.8. The van der Waals surface area contributed by atoms with E-state index in [2.05, 4.69) is 54.6 Å². The summed E-state index contributed by atoms with van der Waals surface area (Å²) in [5, 5.41) is 5.66. The summed E-state index contributed by atoms with van der Waals surface area (Å²) in [4.78, 5) is 18.2. The number of hydrogen-bond acceptors (Lipinski definition) is 7. The van der Waals surface area contributed by atoms with Gasteiger partial charge in [0.25, 0.3) is 0 Å². The average Bonchev–Trinajstić information content (AvgIpc) is 3.40. The third kappa shape index (κ3) is 3.90. The number of nitrogens with zero attached hydrogens (tertiary/aromatic N) is 4. The van der Waals surface area contributed by atoms with Crippen LogP contribution in [0.2, 0.25) is 0 Å². The molecule has 0 atom stereocenters. The van der Waals surface area contributed by atoms with Crippen molar-refractivity contribution in [2.45, 2.75) is 30.8 Å². The predicted octanol–water partition coefficient (Wildman–Crippen LogP) is 5.48. The summed E-state index contributed by atoms with van der Waals surface area (Å²) in [7, 11) is 4.22. The molecule has 0 saturated carbocycles. The zero-order valence-electron chi connectivity index (χ0n) is 18.2. The number of fused-ring (bicyclic) bond motifs is 5. The number of rotatable bonds is 7. The van der Waals surface area contributed by atoms with Gasteiger partial charge >= 0.3 is 0 Å². The lowest BCUT2D eigenvalue weighted by Crippen LogP contribution is -2.16.